The Labute approximate surface area is 234 Å². The minimum atomic E-state index is -0.819. The van der Waals surface area contributed by atoms with E-state index in [1.54, 1.807) is 11.8 Å². The summed E-state index contributed by atoms with van der Waals surface area (Å²) in [4.78, 5) is 13.5. The van der Waals surface area contributed by atoms with Gasteiger partial charge in [0.2, 0.25) is 0 Å². The van der Waals surface area contributed by atoms with Crippen LogP contribution in [0.15, 0.2) is 152 Å². The topological polar surface area (TPSA) is 52.3 Å². The summed E-state index contributed by atoms with van der Waals surface area (Å²) in [7, 11) is 0. The third-order valence-electron chi connectivity index (χ3n) is 6.76. The molecule has 4 heteroatoms. The summed E-state index contributed by atoms with van der Waals surface area (Å²) in [5.41, 5.74) is 11.8. The van der Waals surface area contributed by atoms with Gasteiger partial charge in [0.1, 0.15) is 6.04 Å². The molecule has 1 atom stereocenters. The van der Waals surface area contributed by atoms with E-state index in [9.17, 15) is 4.79 Å². The molecule has 39 heavy (non-hydrogen) atoms. The van der Waals surface area contributed by atoms with Gasteiger partial charge in [-0.15, -0.1) is 11.8 Å². The second kappa shape index (κ2) is 12.6. The molecule has 0 fully saturated rings. The lowest BCUT2D eigenvalue weighted by Gasteiger charge is -2.36. The third-order valence-corrected chi connectivity index (χ3v) is 8.43. The average Bonchev–Trinajstić information content (AvgIpc) is 3.02. The maximum Gasteiger partial charge on any atom is 0.324 e. The number of hydrogen-bond donors (Lipinski definition) is 1. The molecule has 2 N–H and O–H groups in total. The first-order valence-electron chi connectivity index (χ1n) is 13.0. The molecule has 0 aromatic heterocycles. The molecule has 0 saturated heterocycles. The molecule has 0 heterocycles. The van der Waals surface area contributed by atoms with Gasteiger partial charge < -0.3 is 10.5 Å². The molecule has 0 aliphatic rings. The molecule has 0 amide bonds. The van der Waals surface area contributed by atoms with E-state index in [1.165, 1.54) is 0 Å². The fourth-order valence-corrected chi connectivity index (χ4v) is 6.31. The molecule has 0 bridgehead atoms. The zero-order valence-electron chi connectivity index (χ0n) is 21.6. The standard InChI is InChI=1S/C35H31NO2S/c36-32(34(37)38-33(27-16-6-1-7-17-27)28-18-8-2-9-19-28)26-39-35(29-20-10-3-11-21-29,30-22-12-4-13-23-30)31-24-14-5-15-25-31/h1-25,32-33H,26,36H2/t32-/m0/s1. The molecule has 0 unspecified atom stereocenters. The van der Waals surface area contributed by atoms with Gasteiger partial charge in [-0.25, -0.2) is 0 Å². The van der Waals surface area contributed by atoms with Crippen LogP contribution in [0.1, 0.15) is 33.9 Å². The lowest BCUT2D eigenvalue weighted by Crippen LogP contribution is -2.38. The highest BCUT2D eigenvalue weighted by atomic mass is 32.2. The van der Waals surface area contributed by atoms with Crippen molar-refractivity contribution in [1.82, 2.24) is 0 Å². The smallest absolute Gasteiger partial charge is 0.324 e. The first kappa shape index (κ1) is 26.5. The zero-order chi connectivity index (χ0) is 26.9. The van der Waals surface area contributed by atoms with Crippen LogP contribution in [0.5, 0.6) is 0 Å². The van der Waals surface area contributed by atoms with Crippen LogP contribution in [0.2, 0.25) is 0 Å². The predicted octanol–water partition coefficient (Wildman–Crippen LogP) is 7.37. The van der Waals surface area contributed by atoms with Crippen LogP contribution in [0.3, 0.4) is 0 Å². The summed E-state index contributed by atoms with van der Waals surface area (Å²) in [5.74, 6) is -0.0586. The van der Waals surface area contributed by atoms with Gasteiger partial charge in [0.25, 0.3) is 0 Å². The van der Waals surface area contributed by atoms with E-state index < -0.39 is 22.9 Å². The number of esters is 1. The summed E-state index contributed by atoms with van der Waals surface area (Å²) in [6, 6.07) is 49.9. The lowest BCUT2D eigenvalue weighted by atomic mass is 9.84. The monoisotopic (exact) mass is 529 g/mol. The molecule has 0 radical (unpaired) electrons. The number of thioether (sulfide) groups is 1. The SMILES string of the molecule is N[C@@H](CSC(c1ccccc1)(c1ccccc1)c1ccccc1)C(=O)OC(c1ccccc1)c1ccccc1. The van der Waals surface area contributed by atoms with Gasteiger partial charge in [-0.3, -0.25) is 4.79 Å². The van der Waals surface area contributed by atoms with Gasteiger partial charge in [0.05, 0.1) is 4.75 Å². The van der Waals surface area contributed by atoms with Gasteiger partial charge in [-0.2, -0.15) is 0 Å². The van der Waals surface area contributed by atoms with Crippen LogP contribution in [0.4, 0.5) is 0 Å². The van der Waals surface area contributed by atoms with E-state index >= 15 is 0 Å². The molecule has 0 aliphatic heterocycles. The number of carbonyl (C=O) groups excluding carboxylic acids is 1. The summed E-state index contributed by atoms with van der Waals surface area (Å²) in [5, 5.41) is 0. The average molecular weight is 530 g/mol. The molecular weight excluding hydrogens is 498 g/mol. The highest BCUT2D eigenvalue weighted by molar-refractivity contribution is 8.00. The van der Waals surface area contributed by atoms with Gasteiger partial charge in [-0.1, -0.05) is 152 Å². The maximum absolute atomic E-state index is 13.5. The number of ether oxygens (including phenoxy) is 1. The van der Waals surface area contributed by atoms with E-state index in [2.05, 4.69) is 72.8 Å². The second-order valence-electron chi connectivity index (χ2n) is 9.34. The summed E-state index contributed by atoms with van der Waals surface area (Å²) >= 11 is 1.66. The molecule has 5 rings (SSSR count). The highest BCUT2D eigenvalue weighted by Gasteiger charge is 2.38. The Balaban J connectivity index is 1.45. The number of benzene rings is 5. The second-order valence-corrected chi connectivity index (χ2v) is 10.6. The van der Waals surface area contributed by atoms with Gasteiger partial charge in [-0.05, 0) is 27.8 Å². The van der Waals surface area contributed by atoms with Crippen molar-refractivity contribution >= 4 is 17.7 Å². The predicted molar refractivity (Wildman–Crippen MR) is 160 cm³/mol. The van der Waals surface area contributed by atoms with E-state index in [1.807, 2.05) is 78.9 Å². The van der Waals surface area contributed by atoms with Crippen molar-refractivity contribution in [2.24, 2.45) is 5.73 Å². The normalized spacial score (nSPS) is 12.2. The Morgan fingerprint density at radius 2 is 0.923 bits per heavy atom. The molecule has 5 aromatic rings. The number of carbonyl (C=O) groups is 1. The molecule has 0 saturated carbocycles. The zero-order valence-corrected chi connectivity index (χ0v) is 22.4. The van der Waals surface area contributed by atoms with Gasteiger partial charge >= 0.3 is 5.97 Å². The number of rotatable bonds is 10. The largest absolute Gasteiger partial charge is 0.451 e. The van der Waals surface area contributed by atoms with Crippen molar-refractivity contribution in [1.29, 1.82) is 0 Å². The molecule has 0 spiro atoms. The Hall–Kier alpha value is -4.12. The van der Waals surface area contributed by atoms with Crippen LogP contribution < -0.4 is 5.73 Å². The highest BCUT2D eigenvalue weighted by Crippen LogP contribution is 2.48. The molecule has 3 nitrogen and oxygen atoms in total. The number of hydrogen-bond acceptors (Lipinski definition) is 4. The molecule has 5 aromatic carbocycles. The van der Waals surface area contributed by atoms with Crippen LogP contribution in [-0.4, -0.2) is 17.8 Å². The van der Waals surface area contributed by atoms with Crippen LogP contribution in [-0.2, 0) is 14.3 Å². The summed E-state index contributed by atoms with van der Waals surface area (Å²) < 4.78 is 5.53. The van der Waals surface area contributed by atoms with Crippen LogP contribution >= 0.6 is 11.8 Å². The number of nitrogens with two attached hydrogens (primary N) is 1. The molecular formula is C35H31NO2S. The molecule has 0 aliphatic carbocycles. The quantitative estimate of drug-likeness (QED) is 0.152. The van der Waals surface area contributed by atoms with Crippen molar-refractivity contribution in [3.63, 3.8) is 0 Å². The molecule has 194 valence electrons. The Bertz CT molecular complexity index is 1310. The van der Waals surface area contributed by atoms with Crippen molar-refractivity contribution in [3.8, 4) is 0 Å². The Kier molecular flexibility index (Phi) is 8.57. The van der Waals surface area contributed by atoms with Crippen molar-refractivity contribution in [2.45, 2.75) is 16.9 Å². The minimum Gasteiger partial charge on any atom is -0.451 e. The van der Waals surface area contributed by atoms with E-state index in [4.69, 9.17) is 10.5 Å². The van der Waals surface area contributed by atoms with Crippen LogP contribution in [0, 0.1) is 0 Å². The first-order valence-corrected chi connectivity index (χ1v) is 14.0. The Morgan fingerprint density at radius 1 is 0.590 bits per heavy atom. The van der Waals surface area contributed by atoms with Crippen molar-refractivity contribution in [2.75, 3.05) is 5.75 Å². The maximum atomic E-state index is 13.5. The van der Waals surface area contributed by atoms with Crippen LogP contribution in [0.25, 0.3) is 0 Å². The minimum absolute atomic E-state index is 0.369. The van der Waals surface area contributed by atoms with E-state index in [0.29, 0.717) is 5.75 Å². The third kappa shape index (κ3) is 5.98. The summed E-state index contributed by atoms with van der Waals surface area (Å²) in [6.07, 6.45) is -0.530. The first-order chi connectivity index (χ1) is 19.2. The van der Waals surface area contributed by atoms with Gasteiger partial charge in [0.15, 0.2) is 6.10 Å². The lowest BCUT2D eigenvalue weighted by molar-refractivity contribution is -0.148. The Morgan fingerprint density at radius 3 is 1.28 bits per heavy atom. The van der Waals surface area contributed by atoms with Crippen molar-refractivity contribution < 1.29 is 9.53 Å². The van der Waals surface area contributed by atoms with Crippen molar-refractivity contribution in [3.05, 3.63) is 179 Å². The van der Waals surface area contributed by atoms with E-state index in [-0.39, 0.29) is 0 Å². The van der Waals surface area contributed by atoms with Gasteiger partial charge in [0, 0.05) is 5.75 Å². The fourth-order valence-electron chi connectivity index (χ4n) is 4.84. The van der Waals surface area contributed by atoms with E-state index in [0.717, 1.165) is 27.8 Å². The fraction of sp³-hybridized carbons (Fsp3) is 0.114. The summed E-state index contributed by atoms with van der Waals surface area (Å²) in [6.45, 7) is 0.